The van der Waals surface area contributed by atoms with Gasteiger partial charge in [-0.15, -0.1) is 11.3 Å². The first-order chi connectivity index (χ1) is 11.7. The minimum absolute atomic E-state index is 0.0473. The molecule has 0 spiro atoms. The number of hydrogen-bond acceptors (Lipinski definition) is 1. The number of alkyl halides is 3. The van der Waals surface area contributed by atoms with E-state index in [4.69, 9.17) is 0 Å². The summed E-state index contributed by atoms with van der Waals surface area (Å²) in [6.07, 6.45) is -4.54. The fourth-order valence-electron chi connectivity index (χ4n) is 2.61. The minimum atomic E-state index is -4.54. The molecule has 0 aliphatic rings. The van der Waals surface area contributed by atoms with Gasteiger partial charge in [0.2, 0.25) is 0 Å². The molecule has 0 saturated carbocycles. The Morgan fingerprint density at radius 2 is 1.36 bits per heavy atom. The lowest BCUT2D eigenvalue weighted by molar-refractivity contribution is -0.134. The monoisotopic (exact) mass is 368 g/mol. The second kappa shape index (κ2) is 6.26. The second-order valence-electron chi connectivity index (χ2n) is 5.80. The first-order valence-electron chi connectivity index (χ1n) is 7.41. The fourth-order valence-corrected chi connectivity index (χ4v) is 3.70. The summed E-state index contributed by atoms with van der Waals surface area (Å²) in [5, 5.41) is 0. The number of thiophene rings is 1. The molecule has 0 radical (unpaired) electrons. The van der Waals surface area contributed by atoms with E-state index < -0.39 is 28.3 Å². The highest BCUT2D eigenvalue weighted by molar-refractivity contribution is 7.15. The van der Waals surface area contributed by atoms with Gasteiger partial charge in [-0.1, -0.05) is 29.8 Å². The maximum Gasteiger partial charge on any atom is 0.425 e. The van der Waals surface area contributed by atoms with Crippen LogP contribution in [0.2, 0.25) is 0 Å². The van der Waals surface area contributed by atoms with Gasteiger partial charge in [-0.25, -0.2) is 8.78 Å². The number of benzene rings is 2. The van der Waals surface area contributed by atoms with Gasteiger partial charge in [-0.2, -0.15) is 13.2 Å². The van der Waals surface area contributed by atoms with Gasteiger partial charge in [0.05, 0.1) is 5.56 Å². The third kappa shape index (κ3) is 3.44. The molecular weight excluding hydrogens is 355 g/mol. The standard InChI is InChI=1S/C19H13F5S/c1-10-3-5-12(6-4-10)13-8-14(20)17(15(21)9-13)16-7-11(2)18(25-16)19(22,23)24/h3-9H,1-2H3. The van der Waals surface area contributed by atoms with Crippen molar-refractivity contribution in [3.63, 3.8) is 0 Å². The molecule has 0 nitrogen and oxygen atoms in total. The smallest absolute Gasteiger partial charge is 0.206 e. The van der Waals surface area contributed by atoms with E-state index in [-0.39, 0.29) is 10.4 Å². The molecule has 2 aromatic carbocycles. The second-order valence-corrected chi connectivity index (χ2v) is 6.85. The van der Waals surface area contributed by atoms with Gasteiger partial charge in [0.1, 0.15) is 16.5 Å². The maximum atomic E-state index is 14.5. The van der Waals surface area contributed by atoms with Crippen LogP contribution in [0.3, 0.4) is 0 Å². The SMILES string of the molecule is Cc1ccc(-c2cc(F)c(-c3cc(C)c(C(F)(F)F)s3)c(F)c2)cc1. The molecule has 1 aromatic heterocycles. The van der Waals surface area contributed by atoms with Gasteiger partial charge in [0, 0.05) is 4.88 Å². The summed E-state index contributed by atoms with van der Waals surface area (Å²) in [6.45, 7) is 3.17. The van der Waals surface area contributed by atoms with Crippen molar-refractivity contribution in [2.75, 3.05) is 0 Å². The van der Waals surface area contributed by atoms with Crippen molar-refractivity contribution >= 4 is 11.3 Å². The number of halogens is 5. The van der Waals surface area contributed by atoms with Gasteiger partial charge in [0.15, 0.2) is 0 Å². The molecule has 0 aliphatic carbocycles. The Morgan fingerprint density at radius 3 is 1.84 bits per heavy atom. The summed E-state index contributed by atoms with van der Waals surface area (Å²) in [5.41, 5.74) is 1.50. The Kier molecular flexibility index (Phi) is 4.41. The van der Waals surface area contributed by atoms with Crippen LogP contribution in [-0.2, 0) is 6.18 Å². The summed E-state index contributed by atoms with van der Waals surface area (Å²) in [6, 6.07) is 10.6. The van der Waals surface area contributed by atoms with Crippen LogP contribution in [0.5, 0.6) is 0 Å². The predicted octanol–water partition coefficient (Wildman–Crippen LogP) is 7.00. The van der Waals surface area contributed by atoms with Gasteiger partial charge in [-0.05, 0) is 48.7 Å². The van der Waals surface area contributed by atoms with Gasteiger partial charge in [-0.3, -0.25) is 0 Å². The molecule has 3 aromatic rings. The molecular formula is C19H13F5S. The van der Waals surface area contributed by atoms with Gasteiger partial charge >= 0.3 is 6.18 Å². The van der Waals surface area contributed by atoms with Crippen LogP contribution < -0.4 is 0 Å². The molecule has 0 unspecified atom stereocenters. The van der Waals surface area contributed by atoms with E-state index in [1.165, 1.54) is 13.0 Å². The van der Waals surface area contributed by atoms with E-state index in [0.29, 0.717) is 22.5 Å². The molecule has 0 saturated heterocycles. The van der Waals surface area contributed by atoms with Crippen LogP contribution in [0, 0.1) is 25.5 Å². The Hall–Kier alpha value is -2.21. The first-order valence-corrected chi connectivity index (χ1v) is 8.22. The van der Waals surface area contributed by atoms with Gasteiger partial charge in [0.25, 0.3) is 0 Å². The lowest BCUT2D eigenvalue weighted by Gasteiger charge is -2.08. The summed E-state index contributed by atoms with van der Waals surface area (Å²) in [4.78, 5) is -0.917. The largest absolute Gasteiger partial charge is 0.425 e. The average molecular weight is 368 g/mol. The van der Waals surface area contributed by atoms with Crippen molar-refractivity contribution in [1.82, 2.24) is 0 Å². The maximum absolute atomic E-state index is 14.5. The molecule has 0 N–H and O–H groups in total. The lowest BCUT2D eigenvalue weighted by Crippen LogP contribution is -2.02. The Labute approximate surface area is 145 Å². The van der Waals surface area contributed by atoms with Crippen LogP contribution in [0.4, 0.5) is 22.0 Å². The van der Waals surface area contributed by atoms with Crippen molar-refractivity contribution in [1.29, 1.82) is 0 Å². The highest BCUT2D eigenvalue weighted by atomic mass is 32.1. The summed E-state index contributed by atoms with van der Waals surface area (Å²) >= 11 is 0.346. The third-order valence-electron chi connectivity index (χ3n) is 3.85. The van der Waals surface area contributed by atoms with Crippen molar-refractivity contribution in [2.45, 2.75) is 20.0 Å². The molecule has 25 heavy (non-hydrogen) atoms. The quantitative estimate of drug-likeness (QED) is 0.427. The first kappa shape index (κ1) is 17.6. The zero-order valence-corrected chi connectivity index (χ0v) is 14.2. The number of rotatable bonds is 2. The van der Waals surface area contributed by atoms with E-state index in [9.17, 15) is 22.0 Å². The molecule has 0 atom stereocenters. The molecule has 130 valence electrons. The fraction of sp³-hybridized carbons (Fsp3) is 0.158. The highest BCUT2D eigenvalue weighted by Gasteiger charge is 2.35. The van der Waals surface area contributed by atoms with E-state index >= 15 is 0 Å². The third-order valence-corrected chi connectivity index (χ3v) is 5.15. The molecule has 3 rings (SSSR count). The van der Waals surface area contributed by atoms with Crippen LogP contribution in [0.15, 0.2) is 42.5 Å². The minimum Gasteiger partial charge on any atom is -0.206 e. The highest BCUT2D eigenvalue weighted by Crippen LogP contribution is 2.43. The van der Waals surface area contributed by atoms with Crippen LogP contribution in [0.25, 0.3) is 21.6 Å². The molecule has 0 amide bonds. The average Bonchev–Trinajstić information content (AvgIpc) is 2.89. The Balaban J connectivity index is 2.09. The molecule has 1 heterocycles. The predicted molar refractivity (Wildman–Crippen MR) is 89.6 cm³/mol. The van der Waals surface area contributed by atoms with Crippen LogP contribution in [-0.4, -0.2) is 0 Å². The zero-order chi connectivity index (χ0) is 18.4. The summed E-state index contributed by atoms with van der Waals surface area (Å²) in [5.74, 6) is -1.77. The molecule has 0 fully saturated rings. The lowest BCUT2D eigenvalue weighted by atomic mass is 10.0. The topological polar surface area (TPSA) is 0 Å². The van der Waals surface area contributed by atoms with Gasteiger partial charge < -0.3 is 0 Å². The Bertz CT molecular complexity index is 897. The van der Waals surface area contributed by atoms with E-state index in [1.54, 1.807) is 12.1 Å². The molecule has 0 bridgehead atoms. The van der Waals surface area contributed by atoms with Crippen molar-refractivity contribution < 1.29 is 22.0 Å². The number of aryl methyl sites for hydroxylation is 2. The van der Waals surface area contributed by atoms with Crippen LogP contribution in [0.1, 0.15) is 16.0 Å². The van der Waals surface area contributed by atoms with Crippen molar-refractivity contribution in [3.05, 3.63) is 70.1 Å². The van der Waals surface area contributed by atoms with Crippen molar-refractivity contribution in [3.8, 4) is 21.6 Å². The zero-order valence-electron chi connectivity index (χ0n) is 13.3. The molecule has 0 aliphatic heterocycles. The number of hydrogen-bond donors (Lipinski definition) is 0. The van der Waals surface area contributed by atoms with E-state index in [1.807, 2.05) is 19.1 Å². The van der Waals surface area contributed by atoms with E-state index in [2.05, 4.69) is 0 Å². The van der Waals surface area contributed by atoms with Crippen LogP contribution >= 0.6 is 11.3 Å². The normalized spacial score (nSPS) is 11.8. The van der Waals surface area contributed by atoms with Crippen molar-refractivity contribution in [2.24, 2.45) is 0 Å². The van der Waals surface area contributed by atoms with E-state index in [0.717, 1.165) is 17.7 Å². The summed E-state index contributed by atoms with van der Waals surface area (Å²) in [7, 11) is 0. The summed E-state index contributed by atoms with van der Waals surface area (Å²) < 4.78 is 67.7. The molecule has 6 heteroatoms. The Morgan fingerprint density at radius 1 is 0.800 bits per heavy atom.